The van der Waals surface area contributed by atoms with Gasteiger partial charge in [0.1, 0.15) is 0 Å². The van der Waals surface area contributed by atoms with E-state index in [0.717, 1.165) is 56.7 Å². The molecule has 0 spiro atoms. The average molecular weight is 484 g/mol. The van der Waals surface area contributed by atoms with Gasteiger partial charge in [-0.1, -0.05) is 72.8 Å². The number of methoxy groups -OCH3 is 1. The van der Waals surface area contributed by atoms with Crippen LogP contribution in [0.1, 0.15) is 23.6 Å². The smallest absolute Gasteiger partial charge is 0.413 e. The summed E-state index contributed by atoms with van der Waals surface area (Å²) >= 11 is 0. The third kappa shape index (κ3) is 5.42. The first-order valence-electron chi connectivity index (χ1n) is 12.6. The highest BCUT2D eigenvalue weighted by Gasteiger charge is 2.26. The number of nitrogens with one attached hydrogen (secondary N) is 1. The molecule has 36 heavy (non-hydrogen) atoms. The molecule has 0 saturated carbocycles. The molecule has 7 nitrogen and oxygen atoms in total. The van der Waals surface area contributed by atoms with Crippen molar-refractivity contribution in [3.8, 4) is 0 Å². The maximum absolute atomic E-state index is 11.8. The molecule has 0 aliphatic carbocycles. The summed E-state index contributed by atoms with van der Waals surface area (Å²) in [7, 11) is 1.36. The van der Waals surface area contributed by atoms with Crippen LogP contribution in [0.25, 0.3) is 11.0 Å². The summed E-state index contributed by atoms with van der Waals surface area (Å²) < 4.78 is 6.85. The maximum Gasteiger partial charge on any atom is 0.413 e. The lowest BCUT2D eigenvalue weighted by molar-refractivity contribution is 0.108. The summed E-state index contributed by atoms with van der Waals surface area (Å²) in [6, 6.07) is 29.9. The van der Waals surface area contributed by atoms with Crippen molar-refractivity contribution in [1.29, 1.82) is 0 Å². The van der Waals surface area contributed by atoms with E-state index in [1.807, 2.05) is 24.3 Å². The first-order valence-corrected chi connectivity index (χ1v) is 12.6. The summed E-state index contributed by atoms with van der Waals surface area (Å²) in [5, 5.41) is 2.76. The molecule has 1 amide bonds. The summed E-state index contributed by atoms with van der Waals surface area (Å²) in [5.41, 5.74) is 4.57. The maximum atomic E-state index is 11.8. The van der Waals surface area contributed by atoms with Crippen LogP contribution in [0.4, 0.5) is 10.7 Å². The van der Waals surface area contributed by atoms with Gasteiger partial charge < -0.3 is 14.2 Å². The number of nitrogens with zero attached hydrogens (tertiary/aromatic N) is 4. The van der Waals surface area contributed by atoms with Crippen LogP contribution in [0.2, 0.25) is 0 Å². The molecule has 1 saturated heterocycles. The Bertz CT molecular complexity index is 1230. The van der Waals surface area contributed by atoms with Crippen LogP contribution < -0.4 is 5.32 Å². The third-order valence-electron chi connectivity index (χ3n) is 6.91. The van der Waals surface area contributed by atoms with Crippen LogP contribution in [0.15, 0.2) is 84.9 Å². The third-order valence-corrected chi connectivity index (χ3v) is 6.91. The number of hydrogen-bond acceptors (Lipinski definition) is 5. The van der Waals surface area contributed by atoms with E-state index in [2.05, 4.69) is 85.3 Å². The first kappa shape index (κ1) is 24.0. The zero-order chi connectivity index (χ0) is 24.7. The predicted molar refractivity (Wildman–Crippen MR) is 143 cm³/mol. The Hall–Kier alpha value is -3.68. The van der Waals surface area contributed by atoms with Crippen molar-refractivity contribution in [1.82, 2.24) is 19.4 Å². The SMILES string of the molecule is COC(=O)Nc1nc2ccccc2n1CCCN1CCN(C(c2ccccc2)c2ccccc2)CC1. The lowest BCUT2D eigenvalue weighted by Crippen LogP contribution is -2.48. The van der Waals surface area contributed by atoms with E-state index in [-0.39, 0.29) is 6.04 Å². The van der Waals surface area contributed by atoms with Crippen molar-refractivity contribution < 1.29 is 9.53 Å². The Kier molecular flexibility index (Phi) is 7.59. The number of anilines is 1. The van der Waals surface area contributed by atoms with Crippen LogP contribution in [0, 0.1) is 0 Å². The lowest BCUT2D eigenvalue weighted by atomic mass is 9.96. The molecule has 0 unspecified atom stereocenters. The number of para-hydroxylation sites is 2. The number of carbonyl (C=O) groups is 1. The van der Waals surface area contributed by atoms with Gasteiger partial charge in [0.15, 0.2) is 0 Å². The van der Waals surface area contributed by atoms with Gasteiger partial charge in [-0.3, -0.25) is 10.2 Å². The van der Waals surface area contributed by atoms with Crippen molar-refractivity contribution in [2.45, 2.75) is 19.0 Å². The molecule has 3 aromatic carbocycles. The van der Waals surface area contributed by atoms with Crippen LogP contribution in [-0.2, 0) is 11.3 Å². The molecule has 5 rings (SSSR count). The molecule has 1 fully saturated rings. The number of benzene rings is 3. The topological polar surface area (TPSA) is 62.6 Å². The molecule has 186 valence electrons. The zero-order valence-electron chi connectivity index (χ0n) is 20.7. The highest BCUT2D eigenvalue weighted by molar-refractivity contribution is 5.86. The summed E-state index contributed by atoms with van der Waals surface area (Å²) in [4.78, 5) is 21.5. The second kappa shape index (κ2) is 11.4. The minimum absolute atomic E-state index is 0.277. The predicted octanol–water partition coefficient (Wildman–Crippen LogP) is 5.01. The quantitative estimate of drug-likeness (QED) is 0.382. The van der Waals surface area contributed by atoms with E-state index in [1.165, 1.54) is 18.2 Å². The molecule has 0 radical (unpaired) electrons. The van der Waals surface area contributed by atoms with E-state index >= 15 is 0 Å². The fourth-order valence-corrected chi connectivity index (χ4v) is 5.12. The number of hydrogen-bond donors (Lipinski definition) is 1. The van der Waals surface area contributed by atoms with Crippen molar-refractivity contribution >= 4 is 23.1 Å². The fourth-order valence-electron chi connectivity index (χ4n) is 5.12. The van der Waals surface area contributed by atoms with Crippen molar-refractivity contribution in [3.05, 3.63) is 96.1 Å². The summed E-state index contributed by atoms with van der Waals surface area (Å²) in [6.45, 7) is 5.90. The average Bonchev–Trinajstić information content (AvgIpc) is 3.27. The zero-order valence-corrected chi connectivity index (χ0v) is 20.7. The van der Waals surface area contributed by atoms with Crippen LogP contribution in [0.3, 0.4) is 0 Å². The summed E-state index contributed by atoms with van der Waals surface area (Å²) in [6.07, 6.45) is 0.464. The van der Waals surface area contributed by atoms with Gasteiger partial charge in [-0.25, -0.2) is 9.78 Å². The van der Waals surface area contributed by atoms with Crippen molar-refractivity contribution in [2.75, 3.05) is 45.2 Å². The molecule has 1 aromatic heterocycles. The minimum atomic E-state index is -0.505. The standard InChI is InChI=1S/C29H33N5O2/c1-36-29(35)31-28-30-25-15-8-9-16-26(25)34(28)18-10-17-32-19-21-33(22-20-32)27(23-11-4-2-5-12-23)24-13-6-3-7-14-24/h2-9,11-16,27H,10,17-22H2,1H3,(H,30,31,35). The molecule has 0 atom stereocenters. The van der Waals surface area contributed by atoms with Gasteiger partial charge in [-0.15, -0.1) is 0 Å². The number of ether oxygens (including phenoxy) is 1. The minimum Gasteiger partial charge on any atom is -0.453 e. The number of aryl methyl sites for hydroxylation is 1. The number of amides is 1. The lowest BCUT2D eigenvalue weighted by Gasteiger charge is -2.40. The largest absolute Gasteiger partial charge is 0.453 e. The van der Waals surface area contributed by atoms with Gasteiger partial charge in [0.05, 0.1) is 24.2 Å². The van der Waals surface area contributed by atoms with Crippen LogP contribution in [-0.4, -0.2) is 65.3 Å². The van der Waals surface area contributed by atoms with E-state index in [1.54, 1.807) is 0 Å². The molecule has 2 heterocycles. The number of fused-ring (bicyclic) bond motifs is 1. The van der Waals surface area contributed by atoms with Crippen LogP contribution in [0.5, 0.6) is 0 Å². The van der Waals surface area contributed by atoms with Gasteiger partial charge in [0, 0.05) is 32.7 Å². The highest BCUT2D eigenvalue weighted by Crippen LogP contribution is 2.29. The second-order valence-corrected chi connectivity index (χ2v) is 9.15. The van der Waals surface area contributed by atoms with Gasteiger partial charge in [-0.2, -0.15) is 0 Å². The fraction of sp³-hybridized carbons (Fsp3) is 0.310. The van der Waals surface area contributed by atoms with E-state index < -0.39 is 6.09 Å². The molecule has 1 aliphatic rings. The number of carbonyl (C=O) groups excluding carboxylic acids is 1. The van der Waals surface area contributed by atoms with E-state index in [4.69, 9.17) is 4.74 Å². The van der Waals surface area contributed by atoms with Gasteiger partial charge >= 0.3 is 6.09 Å². The summed E-state index contributed by atoms with van der Waals surface area (Å²) in [5.74, 6) is 0.529. The number of aromatic nitrogens is 2. The molecule has 4 aromatic rings. The molecule has 7 heteroatoms. The van der Waals surface area contributed by atoms with Gasteiger partial charge in [-0.05, 0) is 36.2 Å². The second-order valence-electron chi connectivity index (χ2n) is 9.15. The van der Waals surface area contributed by atoms with Crippen molar-refractivity contribution in [2.24, 2.45) is 0 Å². The van der Waals surface area contributed by atoms with Gasteiger partial charge in [0.2, 0.25) is 5.95 Å². The van der Waals surface area contributed by atoms with Gasteiger partial charge in [0.25, 0.3) is 0 Å². The Balaban J connectivity index is 1.21. The Morgan fingerprint density at radius 3 is 2.11 bits per heavy atom. The number of piperazine rings is 1. The van der Waals surface area contributed by atoms with Crippen LogP contribution >= 0.6 is 0 Å². The molecular weight excluding hydrogens is 450 g/mol. The molecule has 0 bridgehead atoms. The molecule has 1 aliphatic heterocycles. The van der Waals surface area contributed by atoms with Crippen molar-refractivity contribution in [3.63, 3.8) is 0 Å². The molecular formula is C29H33N5O2. The molecule has 1 N–H and O–H groups in total. The monoisotopic (exact) mass is 483 g/mol. The first-order chi connectivity index (χ1) is 17.7. The Morgan fingerprint density at radius 2 is 1.47 bits per heavy atom. The van der Waals surface area contributed by atoms with E-state index in [0.29, 0.717) is 5.95 Å². The van der Waals surface area contributed by atoms with E-state index in [9.17, 15) is 4.79 Å². The normalized spacial score (nSPS) is 14.8. The number of imidazole rings is 1. The number of rotatable bonds is 8. The highest BCUT2D eigenvalue weighted by atomic mass is 16.5. The Morgan fingerprint density at radius 1 is 0.861 bits per heavy atom. The Labute approximate surface area is 212 Å².